The number of aromatic nitrogens is 1. The van der Waals surface area contributed by atoms with E-state index in [4.69, 9.17) is 11.6 Å². The smallest absolute Gasteiger partial charge is 0.266 e. The van der Waals surface area contributed by atoms with Crippen LogP contribution in [0.4, 0.5) is 0 Å². The van der Waals surface area contributed by atoms with Gasteiger partial charge in [0.2, 0.25) is 0 Å². The molecule has 138 valence electrons. The number of thiophene rings is 1. The molecule has 2 N–H and O–H groups in total. The predicted molar refractivity (Wildman–Crippen MR) is 115 cm³/mol. The van der Waals surface area contributed by atoms with E-state index >= 15 is 0 Å². The van der Waals surface area contributed by atoms with Crippen molar-refractivity contribution in [2.75, 3.05) is 0 Å². The van der Waals surface area contributed by atoms with E-state index in [9.17, 15) is 9.90 Å². The van der Waals surface area contributed by atoms with Crippen molar-refractivity contribution < 1.29 is 5.11 Å². The van der Waals surface area contributed by atoms with Gasteiger partial charge in [0.15, 0.2) is 0 Å². The second-order valence-corrected chi connectivity index (χ2v) is 8.17. The molecule has 0 unspecified atom stereocenters. The molecule has 0 saturated heterocycles. The number of benzene rings is 2. The van der Waals surface area contributed by atoms with Crippen molar-refractivity contribution in [3.63, 3.8) is 0 Å². The van der Waals surface area contributed by atoms with Crippen LogP contribution in [0.2, 0.25) is 5.02 Å². The van der Waals surface area contributed by atoms with Crippen molar-refractivity contribution in [1.82, 2.24) is 4.98 Å². The molecule has 0 amide bonds. The summed E-state index contributed by atoms with van der Waals surface area (Å²) < 4.78 is 0.672. The van der Waals surface area contributed by atoms with Crippen molar-refractivity contribution >= 4 is 43.9 Å². The Bertz CT molecular complexity index is 1190. The molecule has 2 aromatic heterocycles. The van der Waals surface area contributed by atoms with Gasteiger partial charge < -0.3 is 10.1 Å². The molecule has 2 aromatic carbocycles. The minimum Gasteiger partial charge on any atom is -0.392 e. The van der Waals surface area contributed by atoms with Crippen LogP contribution in [0.5, 0.6) is 0 Å². The molecule has 0 aliphatic heterocycles. The van der Waals surface area contributed by atoms with Crippen molar-refractivity contribution in [3.05, 3.63) is 68.3 Å². The lowest BCUT2D eigenvalue weighted by atomic mass is 9.91. The van der Waals surface area contributed by atoms with Crippen molar-refractivity contribution in [2.24, 2.45) is 0 Å². The largest absolute Gasteiger partial charge is 0.392 e. The summed E-state index contributed by atoms with van der Waals surface area (Å²) >= 11 is 7.86. The number of fused-ring (bicyclic) bond motifs is 3. The van der Waals surface area contributed by atoms with E-state index in [0.717, 1.165) is 33.9 Å². The zero-order valence-corrected chi connectivity index (χ0v) is 16.7. The molecular weight excluding hydrogens is 378 g/mol. The van der Waals surface area contributed by atoms with Gasteiger partial charge >= 0.3 is 0 Å². The first-order valence-corrected chi connectivity index (χ1v) is 10.3. The maximum Gasteiger partial charge on any atom is 0.266 e. The average molecular weight is 398 g/mol. The molecular formula is C22H20ClNO2S. The van der Waals surface area contributed by atoms with Gasteiger partial charge in [-0.15, -0.1) is 11.3 Å². The van der Waals surface area contributed by atoms with Gasteiger partial charge in [-0.25, -0.2) is 0 Å². The van der Waals surface area contributed by atoms with Crippen molar-refractivity contribution in [1.29, 1.82) is 0 Å². The number of halogens is 1. The summed E-state index contributed by atoms with van der Waals surface area (Å²) in [6.07, 6.45) is 1.09. The van der Waals surface area contributed by atoms with Crippen LogP contribution >= 0.6 is 22.9 Å². The quantitative estimate of drug-likeness (QED) is 0.439. The molecule has 0 fully saturated rings. The fourth-order valence-corrected chi connectivity index (χ4v) is 4.68. The van der Waals surface area contributed by atoms with E-state index in [1.54, 1.807) is 6.07 Å². The molecule has 0 aliphatic carbocycles. The molecule has 27 heavy (non-hydrogen) atoms. The molecule has 0 bridgehead atoms. The number of hydrogen-bond donors (Lipinski definition) is 2. The van der Waals surface area contributed by atoms with Crippen LogP contribution in [-0.4, -0.2) is 10.1 Å². The second-order valence-electron chi connectivity index (χ2n) is 6.85. The van der Waals surface area contributed by atoms with Gasteiger partial charge in [-0.3, -0.25) is 4.79 Å². The Labute approximate surface area is 166 Å². The first kappa shape index (κ1) is 18.2. The number of nitrogens with one attached hydrogen (secondary N) is 1. The lowest BCUT2D eigenvalue weighted by Crippen LogP contribution is -2.06. The van der Waals surface area contributed by atoms with Gasteiger partial charge in [0, 0.05) is 10.8 Å². The minimum absolute atomic E-state index is 0.122. The van der Waals surface area contributed by atoms with Crippen molar-refractivity contribution in [3.8, 4) is 11.1 Å². The molecule has 4 aromatic rings. The molecule has 3 nitrogen and oxygen atoms in total. The number of hydrogen-bond acceptors (Lipinski definition) is 3. The monoisotopic (exact) mass is 397 g/mol. The van der Waals surface area contributed by atoms with E-state index in [1.807, 2.05) is 11.4 Å². The molecule has 5 heteroatoms. The van der Waals surface area contributed by atoms with E-state index < -0.39 is 0 Å². The first-order valence-electron chi connectivity index (χ1n) is 9.00. The highest BCUT2D eigenvalue weighted by atomic mass is 35.5. The third kappa shape index (κ3) is 2.98. The molecule has 0 saturated carbocycles. The summed E-state index contributed by atoms with van der Waals surface area (Å²) in [6, 6.07) is 12.2. The molecule has 0 aliphatic rings. The number of aromatic amines is 1. The number of aliphatic hydroxyl groups is 1. The van der Waals surface area contributed by atoms with Crippen LogP contribution in [0.25, 0.3) is 32.1 Å². The summed E-state index contributed by atoms with van der Waals surface area (Å²) in [5.74, 6) is 0.498. The van der Waals surface area contributed by atoms with Gasteiger partial charge in [-0.2, -0.15) is 0 Å². The normalized spacial score (nSPS) is 12.7. The minimum atomic E-state index is -0.135. The maximum absolute atomic E-state index is 12.4. The van der Waals surface area contributed by atoms with Gasteiger partial charge in [0.1, 0.15) is 4.70 Å². The lowest BCUT2D eigenvalue weighted by Gasteiger charge is -2.16. The number of aliphatic hydroxyl groups excluding tert-OH is 1. The van der Waals surface area contributed by atoms with Crippen LogP contribution in [0.1, 0.15) is 37.3 Å². The highest BCUT2D eigenvalue weighted by molar-refractivity contribution is 7.17. The second kappa shape index (κ2) is 7.12. The molecule has 4 rings (SSSR count). The number of pyridine rings is 1. The zero-order chi connectivity index (χ0) is 19.1. The van der Waals surface area contributed by atoms with Gasteiger partial charge in [-0.05, 0) is 52.1 Å². The number of H-pyrrole nitrogens is 1. The lowest BCUT2D eigenvalue weighted by molar-refractivity contribution is 0.282. The standard InChI is InChI=1S/C22H20ClNO2S/c1-3-12(2)13-4-6-14(7-5-13)18-15(11-25)10-17(23)20-19(18)16-8-9-27-21(16)22(26)24-20/h4-10,12,25H,3,11H2,1-2H3,(H,24,26)/t12-/m1/s1. The summed E-state index contributed by atoms with van der Waals surface area (Å²) in [5, 5.41) is 14.1. The van der Waals surface area contributed by atoms with Gasteiger partial charge in [-0.1, -0.05) is 49.7 Å². The van der Waals surface area contributed by atoms with E-state index in [-0.39, 0.29) is 12.2 Å². The summed E-state index contributed by atoms with van der Waals surface area (Å²) in [7, 11) is 0. The Hall–Kier alpha value is -2.14. The Morgan fingerprint density at radius 2 is 1.96 bits per heavy atom. The Morgan fingerprint density at radius 1 is 1.22 bits per heavy atom. The van der Waals surface area contributed by atoms with Crippen molar-refractivity contribution in [2.45, 2.75) is 32.8 Å². The molecule has 0 radical (unpaired) electrons. The predicted octanol–water partition coefficient (Wildman–Crippen LogP) is 6.07. The third-order valence-corrected chi connectivity index (χ3v) is 6.50. The van der Waals surface area contributed by atoms with E-state index in [1.165, 1.54) is 16.9 Å². The first-order chi connectivity index (χ1) is 13.0. The van der Waals surface area contributed by atoms with Gasteiger partial charge in [0.25, 0.3) is 5.56 Å². The van der Waals surface area contributed by atoms with Crippen LogP contribution in [0.3, 0.4) is 0 Å². The average Bonchev–Trinajstić information content (AvgIpc) is 3.18. The van der Waals surface area contributed by atoms with Crippen LogP contribution in [0.15, 0.2) is 46.6 Å². The van der Waals surface area contributed by atoms with Crippen LogP contribution < -0.4 is 5.56 Å². The molecule has 1 atom stereocenters. The summed E-state index contributed by atoms with van der Waals surface area (Å²) in [5.41, 5.74) is 4.46. The van der Waals surface area contributed by atoms with E-state index in [0.29, 0.717) is 21.2 Å². The number of rotatable bonds is 4. The SMILES string of the molecule is CC[C@@H](C)c1ccc(-c2c(CO)cc(Cl)c3[nH]c(=O)c4sccc4c23)cc1. The van der Waals surface area contributed by atoms with E-state index in [2.05, 4.69) is 43.1 Å². The fourth-order valence-electron chi connectivity index (χ4n) is 3.61. The third-order valence-electron chi connectivity index (χ3n) is 5.29. The van der Waals surface area contributed by atoms with Crippen LogP contribution in [-0.2, 0) is 6.61 Å². The highest BCUT2D eigenvalue weighted by Gasteiger charge is 2.18. The Morgan fingerprint density at radius 3 is 2.63 bits per heavy atom. The fraction of sp³-hybridized carbons (Fsp3) is 0.227. The summed E-state index contributed by atoms with van der Waals surface area (Å²) in [4.78, 5) is 15.3. The van der Waals surface area contributed by atoms with Gasteiger partial charge in [0.05, 0.1) is 17.1 Å². The molecule has 0 spiro atoms. The zero-order valence-electron chi connectivity index (χ0n) is 15.2. The highest BCUT2D eigenvalue weighted by Crippen LogP contribution is 2.40. The molecule has 2 heterocycles. The maximum atomic E-state index is 12.4. The topological polar surface area (TPSA) is 53.1 Å². The van der Waals surface area contributed by atoms with Crippen LogP contribution in [0, 0.1) is 0 Å². The Kier molecular flexibility index (Phi) is 4.81. The Balaban J connectivity index is 2.08. The summed E-state index contributed by atoms with van der Waals surface area (Å²) in [6.45, 7) is 4.27.